The first-order valence-electron chi connectivity index (χ1n) is 8.70. The van der Waals surface area contributed by atoms with Crippen LogP contribution >= 0.6 is 23.4 Å². The number of aryl methyl sites for hydroxylation is 1. The standard InChI is InChI=1S/C20H17ClN4O3S/c1-13-5-3-6-16(21)18(13)27-12-15-9-8-14(28-15)11-22-25-19(17-7-4-10-26-17)23-24-20(25)29-2/h3-11H,12H2,1-2H3/b22-11+. The highest BCUT2D eigenvalue weighted by Crippen LogP contribution is 2.29. The Bertz CT molecular complexity index is 1110. The fraction of sp³-hybridized carbons (Fsp3) is 0.150. The summed E-state index contributed by atoms with van der Waals surface area (Å²) in [5.41, 5.74) is 0.966. The molecule has 0 aliphatic carbocycles. The second-order valence-corrected chi connectivity index (χ2v) is 7.20. The molecule has 1 aromatic carbocycles. The molecular formula is C20H17ClN4O3S. The summed E-state index contributed by atoms with van der Waals surface area (Å²) in [5.74, 6) is 2.98. The van der Waals surface area contributed by atoms with Gasteiger partial charge in [-0.15, -0.1) is 10.2 Å². The number of rotatable bonds is 7. The summed E-state index contributed by atoms with van der Waals surface area (Å²) in [6.45, 7) is 2.21. The molecule has 3 heterocycles. The van der Waals surface area contributed by atoms with Crippen molar-refractivity contribution in [3.8, 4) is 17.3 Å². The van der Waals surface area contributed by atoms with Crippen molar-refractivity contribution >= 4 is 29.6 Å². The maximum absolute atomic E-state index is 6.19. The van der Waals surface area contributed by atoms with Gasteiger partial charge in [-0.05, 0) is 49.1 Å². The van der Waals surface area contributed by atoms with E-state index in [1.165, 1.54) is 11.8 Å². The van der Waals surface area contributed by atoms with Crippen LogP contribution in [-0.2, 0) is 6.61 Å². The Hall–Kier alpha value is -2.97. The van der Waals surface area contributed by atoms with E-state index in [4.69, 9.17) is 25.2 Å². The highest BCUT2D eigenvalue weighted by atomic mass is 35.5. The van der Waals surface area contributed by atoms with Crippen LogP contribution in [0.5, 0.6) is 5.75 Å². The van der Waals surface area contributed by atoms with E-state index in [0.29, 0.717) is 39.0 Å². The van der Waals surface area contributed by atoms with Gasteiger partial charge >= 0.3 is 0 Å². The maximum Gasteiger partial charge on any atom is 0.221 e. The minimum atomic E-state index is 0.263. The van der Waals surface area contributed by atoms with E-state index in [1.54, 1.807) is 35.4 Å². The largest absolute Gasteiger partial charge is 0.484 e. The number of nitrogens with zero attached hydrogens (tertiary/aromatic N) is 4. The van der Waals surface area contributed by atoms with E-state index in [2.05, 4.69) is 15.3 Å². The molecule has 0 saturated carbocycles. The van der Waals surface area contributed by atoms with E-state index < -0.39 is 0 Å². The molecule has 148 valence electrons. The summed E-state index contributed by atoms with van der Waals surface area (Å²) in [5, 5.41) is 13.9. The second kappa shape index (κ2) is 8.59. The summed E-state index contributed by atoms with van der Waals surface area (Å²) >= 11 is 7.63. The van der Waals surface area contributed by atoms with Crippen LogP contribution in [0.4, 0.5) is 0 Å². The highest BCUT2D eigenvalue weighted by Gasteiger charge is 2.15. The van der Waals surface area contributed by atoms with Gasteiger partial charge in [0.2, 0.25) is 11.0 Å². The molecule has 0 radical (unpaired) electrons. The molecular weight excluding hydrogens is 412 g/mol. The van der Waals surface area contributed by atoms with Gasteiger partial charge in [-0.2, -0.15) is 9.78 Å². The van der Waals surface area contributed by atoms with Crippen molar-refractivity contribution in [3.05, 3.63) is 70.8 Å². The molecule has 0 bridgehead atoms. The van der Waals surface area contributed by atoms with Crippen molar-refractivity contribution < 1.29 is 13.6 Å². The summed E-state index contributed by atoms with van der Waals surface area (Å²) in [6.07, 6.45) is 5.08. The molecule has 0 unspecified atom stereocenters. The van der Waals surface area contributed by atoms with E-state index in [0.717, 1.165) is 5.56 Å². The Morgan fingerprint density at radius 1 is 1.21 bits per heavy atom. The predicted molar refractivity (Wildman–Crippen MR) is 112 cm³/mol. The van der Waals surface area contributed by atoms with Crippen LogP contribution in [-0.4, -0.2) is 27.3 Å². The lowest BCUT2D eigenvalue weighted by atomic mass is 10.2. The molecule has 9 heteroatoms. The Morgan fingerprint density at radius 2 is 2.10 bits per heavy atom. The molecule has 4 rings (SSSR count). The molecule has 0 N–H and O–H groups in total. The zero-order valence-electron chi connectivity index (χ0n) is 15.7. The number of halogens is 1. The van der Waals surface area contributed by atoms with Crippen LogP contribution in [0.3, 0.4) is 0 Å². The Balaban J connectivity index is 1.50. The van der Waals surface area contributed by atoms with Gasteiger partial charge in [0, 0.05) is 0 Å². The summed E-state index contributed by atoms with van der Waals surface area (Å²) in [6, 6.07) is 12.9. The number of para-hydroxylation sites is 1. The van der Waals surface area contributed by atoms with Crippen LogP contribution in [0.15, 0.2) is 67.8 Å². The first-order valence-corrected chi connectivity index (χ1v) is 10.3. The van der Waals surface area contributed by atoms with Gasteiger partial charge in [0.1, 0.15) is 23.9 Å². The first kappa shape index (κ1) is 19.4. The number of aromatic nitrogens is 3. The molecule has 0 fully saturated rings. The lowest BCUT2D eigenvalue weighted by Gasteiger charge is -2.09. The van der Waals surface area contributed by atoms with E-state index in [-0.39, 0.29) is 6.61 Å². The number of hydrogen-bond acceptors (Lipinski definition) is 7. The van der Waals surface area contributed by atoms with E-state index in [1.807, 2.05) is 37.4 Å². The topological polar surface area (TPSA) is 78.6 Å². The zero-order chi connectivity index (χ0) is 20.2. The number of benzene rings is 1. The molecule has 3 aromatic heterocycles. The molecule has 0 aliphatic rings. The first-order chi connectivity index (χ1) is 14.2. The molecule has 0 amide bonds. The summed E-state index contributed by atoms with van der Waals surface area (Å²) in [7, 11) is 0. The SMILES string of the molecule is CSc1nnc(-c2ccco2)n1/N=C/c1ccc(COc2c(C)cccc2Cl)o1. The van der Waals surface area contributed by atoms with Gasteiger partial charge in [-0.25, -0.2) is 0 Å². The fourth-order valence-corrected chi connectivity index (χ4v) is 3.36. The van der Waals surface area contributed by atoms with Crippen LogP contribution < -0.4 is 4.74 Å². The van der Waals surface area contributed by atoms with Gasteiger partial charge < -0.3 is 13.6 Å². The van der Waals surface area contributed by atoms with E-state index >= 15 is 0 Å². The number of ether oxygens (including phenoxy) is 1. The molecule has 7 nitrogen and oxygen atoms in total. The zero-order valence-corrected chi connectivity index (χ0v) is 17.3. The third-order valence-electron chi connectivity index (χ3n) is 4.04. The number of furan rings is 2. The third-order valence-corrected chi connectivity index (χ3v) is 4.96. The van der Waals surface area contributed by atoms with Crippen LogP contribution in [0, 0.1) is 6.92 Å². The second-order valence-electron chi connectivity index (χ2n) is 6.02. The van der Waals surface area contributed by atoms with Gasteiger partial charge in [-0.1, -0.05) is 35.5 Å². The average molecular weight is 429 g/mol. The average Bonchev–Trinajstić information content (AvgIpc) is 3.46. The molecule has 0 saturated heterocycles. The smallest absolute Gasteiger partial charge is 0.221 e. The summed E-state index contributed by atoms with van der Waals surface area (Å²) < 4.78 is 18.6. The van der Waals surface area contributed by atoms with Gasteiger partial charge in [-0.3, -0.25) is 0 Å². The maximum atomic E-state index is 6.19. The van der Waals surface area contributed by atoms with Crippen LogP contribution in [0.2, 0.25) is 5.02 Å². The fourth-order valence-electron chi connectivity index (χ4n) is 2.66. The predicted octanol–water partition coefficient (Wildman–Crippen LogP) is 5.28. The van der Waals surface area contributed by atoms with Crippen molar-refractivity contribution in [1.29, 1.82) is 0 Å². The summed E-state index contributed by atoms with van der Waals surface area (Å²) in [4.78, 5) is 0. The van der Waals surface area contributed by atoms with Crippen molar-refractivity contribution in [2.45, 2.75) is 18.7 Å². The molecule has 0 atom stereocenters. The minimum absolute atomic E-state index is 0.263. The molecule has 0 spiro atoms. The third kappa shape index (κ3) is 4.23. The van der Waals surface area contributed by atoms with Gasteiger partial charge in [0.05, 0.1) is 17.5 Å². The number of hydrogen-bond donors (Lipinski definition) is 0. The lowest BCUT2D eigenvalue weighted by Crippen LogP contribution is -1.97. The van der Waals surface area contributed by atoms with Crippen LogP contribution in [0.25, 0.3) is 11.6 Å². The minimum Gasteiger partial charge on any atom is -0.484 e. The monoisotopic (exact) mass is 428 g/mol. The van der Waals surface area contributed by atoms with Crippen molar-refractivity contribution in [1.82, 2.24) is 14.9 Å². The van der Waals surface area contributed by atoms with Crippen molar-refractivity contribution in [2.24, 2.45) is 5.10 Å². The van der Waals surface area contributed by atoms with Crippen LogP contribution in [0.1, 0.15) is 17.1 Å². The van der Waals surface area contributed by atoms with Gasteiger partial charge in [0.15, 0.2) is 5.76 Å². The number of thioether (sulfide) groups is 1. The highest BCUT2D eigenvalue weighted by molar-refractivity contribution is 7.98. The normalized spacial score (nSPS) is 11.4. The Morgan fingerprint density at radius 3 is 2.86 bits per heavy atom. The van der Waals surface area contributed by atoms with Crippen molar-refractivity contribution in [3.63, 3.8) is 0 Å². The molecule has 0 aliphatic heterocycles. The van der Waals surface area contributed by atoms with E-state index in [9.17, 15) is 0 Å². The quantitative estimate of drug-likeness (QED) is 0.294. The molecule has 4 aromatic rings. The lowest BCUT2D eigenvalue weighted by molar-refractivity contribution is 0.268. The van der Waals surface area contributed by atoms with Crippen molar-refractivity contribution in [2.75, 3.05) is 6.26 Å². The molecule has 29 heavy (non-hydrogen) atoms. The Labute approximate surface area is 176 Å². The van der Waals surface area contributed by atoms with Gasteiger partial charge in [0.25, 0.3) is 0 Å². The Kier molecular flexibility index (Phi) is 5.73.